The molecule has 2 aromatic rings. The van der Waals surface area contributed by atoms with Crippen LogP contribution in [0.5, 0.6) is 0 Å². The summed E-state index contributed by atoms with van der Waals surface area (Å²) in [7, 11) is -3.92. The highest BCUT2D eigenvalue weighted by Crippen LogP contribution is 2.24. The van der Waals surface area contributed by atoms with E-state index in [0.29, 0.717) is 17.5 Å². The molecule has 2 rings (SSSR count). The van der Waals surface area contributed by atoms with Gasteiger partial charge in [0.15, 0.2) is 0 Å². The molecule has 0 aliphatic carbocycles. The first-order valence-corrected chi connectivity index (χ1v) is 7.60. The number of carbonyl (C=O) groups is 1. The molecule has 0 aliphatic rings. The van der Waals surface area contributed by atoms with E-state index in [0.717, 1.165) is 0 Å². The van der Waals surface area contributed by atoms with E-state index in [1.54, 1.807) is 0 Å². The molecule has 0 bridgehead atoms. The van der Waals surface area contributed by atoms with Crippen LogP contribution in [0.2, 0.25) is 5.02 Å². The monoisotopic (exact) mass is 320 g/mol. The van der Waals surface area contributed by atoms with Gasteiger partial charge in [-0.1, -0.05) is 11.6 Å². The number of aldehydes is 1. The predicted octanol–water partition coefficient (Wildman–Crippen LogP) is 2.82. The predicted molar refractivity (Wildman–Crippen MR) is 78.8 cm³/mol. The van der Waals surface area contributed by atoms with Crippen molar-refractivity contribution in [1.82, 2.24) is 0 Å². The molecule has 0 aromatic heterocycles. The first-order chi connectivity index (χ1) is 9.96. The third-order valence-electron chi connectivity index (χ3n) is 2.65. The van der Waals surface area contributed by atoms with Crippen LogP contribution >= 0.6 is 11.6 Å². The van der Waals surface area contributed by atoms with Gasteiger partial charge in [-0.05, 0) is 42.5 Å². The van der Waals surface area contributed by atoms with E-state index in [1.165, 1.54) is 42.5 Å². The molecular weight excluding hydrogens is 312 g/mol. The highest BCUT2D eigenvalue weighted by Gasteiger charge is 2.18. The minimum atomic E-state index is -3.92. The van der Waals surface area contributed by atoms with Crippen LogP contribution in [0.25, 0.3) is 0 Å². The highest BCUT2D eigenvalue weighted by atomic mass is 35.5. The topological polar surface area (TPSA) is 87.0 Å². The van der Waals surface area contributed by atoms with Crippen LogP contribution < -0.4 is 4.72 Å². The molecule has 0 heterocycles. The van der Waals surface area contributed by atoms with Crippen molar-refractivity contribution in [2.45, 2.75) is 4.90 Å². The Morgan fingerprint density at radius 2 is 1.81 bits per heavy atom. The first-order valence-electron chi connectivity index (χ1n) is 5.74. The number of hydrogen-bond acceptors (Lipinski definition) is 4. The number of hydrogen-bond donors (Lipinski definition) is 1. The normalized spacial score (nSPS) is 10.7. The zero-order chi connectivity index (χ0) is 15.5. The largest absolute Gasteiger partial charge is 0.298 e. The van der Waals surface area contributed by atoms with Gasteiger partial charge in [0, 0.05) is 11.3 Å². The van der Waals surface area contributed by atoms with Crippen molar-refractivity contribution >= 4 is 33.6 Å². The van der Waals surface area contributed by atoms with Gasteiger partial charge in [0.05, 0.1) is 16.7 Å². The standard InChI is InChI=1S/C14H9ClN2O3S/c15-13-6-3-11(8-16)7-14(13)21(19,20)17-12-4-1-10(9-18)2-5-12/h1-7,9,17H. The van der Waals surface area contributed by atoms with Crippen LogP contribution in [0.1, 0.15) is 15.9 Å². The molecule has 1 N–H and O–H groups in total. The number of rotatable bonds is 4. The number of nitrogens with zero attached hydrogens (tertiary/aromatic N) is 1. The summed E-state index contributed by atoms with van der Waals surface area (Å²) in [6.07, 6.45) is 0.658. The summed E-state index contributed by atoms with van der Waals surface area (Å²) in [6, 6.07) is 11.7. The molecule has 0 saturated carbocycles. The van der Waals surface area contributed by atoms with Crippen molar-refractivity contribution in [3.8, 4) is 6.07 Å². The van der Waals surface area contributed by atoms with E-state index in [9.17, 15) is 13.2 Å². The number of benzene rings is 2. The van der Waals surface area contributed by atoms with E-state index in [1.807, 2.05) is 6.07 Å². The summed E-state index contributed by atoms with van der Waals surface area (Å²) < 4.78 is 26.9. The summed E-state index contributed by atoms with van der Waals surface area (Å²) >= 11 is 5.88. The minimum Gasteiger partial charge on any atom is -0.298 e. The number of sulfonamides is 1. The fraction of sp³-hybridized carbons (Fsp3) is 0. The Morgan fingerprint density at radius 3 is 2.38 bits per heavy atom. The molecule has 21 heavy (non-hydrogen) atoms. The van der Waals surface area contributed by atoms with E-state index < -0.39 is 10.0 Å². The smallest absolute Gasteiger partial charge is 0.263 e. The Bertz CT molecular complexity index is 824. The lowest BCUT2D eigenvalue weighted by molar-refractivity contribution is 0.112. The van der Waals surface area contributed by atoms with Crippen LogP contribution in [0.4, 0.5) is 5.69 Å². The van der Waals surface area contributed by atoms with Crippen molar-refractivity contribution in [2.24, 2.45) is 0 Å². The molecule has 106 valence electrons. The molecule has 0 fully saturated rings. The van der Waals surface area contributed by atoms with Crippen molar-refractivity contribution < 1.29 is 13.2 Å². The first kappa shape index (κ1) is 15.0. The second kappa shape index (κ2) is 5.95. The molecule has 2 aromatic carbocycles. The Balaban J connectivity index is 2.38. The number of nitrogens with one attached hydrogen (secondary N) is 1. The fourth-order valence-electron chi connectivity index (χ4n) is 1.62. The van der Waals surface area contributed by atoms with Crippen LogP contribution in [0.15, 0.2) is 47.4 Å². The van der Waals surface area contributed by atoms with Crippen molar-refractivity contribution in [3.05, 3.63) is 58.6 Å². The van der Waals surface area contributed by atoms with Crippen LogP contribution in [0, 0.1) is 11.3 Å². The Kier molecular flexibility index (Phi) is 4.26. The molecule has 5 nitrogen and oxygen atoms in total. The molecule has 0 amide bonds. The highest BCUT2D eigenvalue weighted by molar-refractivity contribution is 7.92. The third kappa shape index (κ3) is 3.40. The number of nitriles is 1. The summed E-state index contributed by atoms with van der Waals surface area (Å²) in [4.78, 5) is 10.4. The Labute approximate surface area is 126 Å². The molecule has 0 saturated heterocycles. The lowest BCUT2D eigenvalue weighted by Crippen LogP contribution is -2.13. The summed E-state index contributed by atoms with van der Waals surface area (Å²) in [5.41, 5.74) is 0.914. The van der Waals surface area contributed by atoms with Gasteiger partial charge >= 0.3 is 0 Å². The van der Waals surface area contributed by atoms with Crippen LogP contribution in [0.3, 0.4) is 0 Å². The Hall–Kier alpha value is -2.36. The van der Waals surface area contributed by atoms with Crippen molar-refractivity contribution in [1.29, 1.82) is 5.26 Å². The maximum atomic E-state index is 12.3. The van der Waals surface area contributed by atoms with Gasteiger partial charge in [-0.2, -0.15) is 5.26 Å². The van der Waals surface area contributed by atoms with E-state index in [-0.39, 0.29) is 15.5 Å². The van der Waals surface area contributed by atoms with Gasteiger partial charge in [-0.3, -0.25) is 9.52 Å². The molecule has 7 heteroatoms. The van der Waals surface area contributed by atoms with Crippen molar-refractivity contribution in [3.63, 3.8) is 0 Å². The maximum absolute atomic E-state index is 12.3. The van der Waals surface area contributed by atoms with Crippen LogP contribution in [-0.2, 0) is 10.0 Å². The van der Waals surface area contributed by atoms with Gasteiger partial charge < -0.3 is 0 Å². The van der Waals surface area contributed by atoms with Crippen molar-refractivity contribution in [2.75, 3.05) is 4.72 Å². The number of carbonyl (C=O) groups excluding carboxylic acids is 1. The van der Waals surface area contributed by atoms with Gasteiger partial charge in [-0.25, -0.2) is 8.42 Å². The summed E-state index contributed by atoms with van der Waals surface area (Å²) in [6.45, 7) is 0. The van der Waals surface area contributed by atoms with E-state index in [2.05, 4.69) is 4.72 Å². The van der Waals surface area contributed by atoms with E-state index >= 15 is 0 Å². The SMILES string of the molecule is N#Cc1ccc(Cl)c(S(=O)(=O)Nc2ccc(C=O)cc2)c1. The van der Waals surface area contributed by atoms with Gasteiger partial charge in [-0.15, -0.1) is 0 Å². The number of anilines is 1. The lowest BCUT2D eigenvalue weighted by atomic mass is 10.2. The average Bonchev–Trinajstić information content (AvgIpc) is 2.48. The lowest BCUT2D eigenvalue weighted by Gasteiger charge is -2.09. The molecule has 0 aliphatic heterocycles. The zero-order valence-corrected chi connectivity index (χ0v) is 12.1. The summed E-state index contributed by atoms with van der Waals surface area (Å²) in [5, 5.41) is 8.84. The second-order valence-corrected chi connectivity index (χ2v) is 6.16. The molecule has 0 spiro atoms. The Morgan fingerprint density at radius 1 is 1.14 bits per heavy atom. The van der Waals surface area contributed by atoms with Gasteiger partial charge in [0.2, 0.25) is 0 Å². The molecule has 0 radical (unpaired) electrons. The van der Waals surface area contributed by atoms with Gasteiger partial charge in [0.25, 0.3) is 10.0 Å². The maximum Gasteiger partial charge on any atom is 0.263 e. The average molecular weight is 321 g/mol. The quantitative estimate of drug-likeness (QED) is 0.877. The summed E-state index contributed by atoms with van der Waals surface area (Å²) in [5.74, 6) is 0. The number of halogens is 1. The minimum absolute atomic E-state index is 0.0195. The molecular formula is C14H9ClN2O3S. The van der Waals surface area contributed by atoms with Crippen LogP contribution in [-0.4, -0.2) is 14.7 Å². The zero-order valence-electron chi connectivity index (χ0n) is 10.6. The second-order valence-electron chi connectivity index (χ2n) is 4.10. The molecule has 0 unspecified atom stereocenters. The van der Waals surface area contributed by atoms with E-state index in [4.69, 9.17) is 16.9 Å². The fourth-order valence-corrected chi connectivity index (χ4v) is 3.20. The van der Waals surface area contributed by atoms with Gasteiger partial charge in [0.1, 0.15) is 11.2 Å². The molecule has 0 atom stereocenters. The third-order valence-corrected chi connectivity index (χ3v) is 4.51.